The van der Waals surface area contributed by atoms with Crippen LogP contribution in [0.2, 0.25) is 0 Å². The summed E-state index contributed by atoms with van der Waals surface area (Å²) >= 11 is 0. The number of hydrogen-bond acceptors (Lipinski definition) is 9. The third-order valence-corrected chi connectivity index (χ3v) is 7.02. The number of aliphatic hydroxyl groups is 2. The summed E-state index contributed by atoms with van der Waals surface area (Å²) in [5.41, 5.74) is 3.06. The number of anilines is 2. The number of rotatable bonds is 14. The van der Waals surface area contributed by atoms with Gasteiger partial charge >= 0.3 is 0 Å². The van der Waals surface area contributed by atoms with Crippen LogP contribution in [0.25, 0.3) is 10.9 Å². The number of aryl methyl sites for hydroxylation is 2. The van der Waals surface area contributed by atoms with Crippen LogP contribution in [0.4, 0.5) is 11.6 Å². The van der Waals surface area contributed by atoms with Crippen LogP contribution in [-0.2, 0) is 17.6 Å². The number of aliphatic hydroxyl groups excluding tert-OH is 2. The lowest BCUT2D eigenvalue weighted by atomic mass is 10.1. The van der Waals surface area contributed by atoms with Gasteiger partial charge in [-0.3, -0.25) is 10.1 Å². The number of carbonyl (C=O) groups excluding carboxylic acids is 1. The largest absolute Gasteiger partial charge is 0.394 e. The van der Waals surface area contributed by atoms with Crippen molar-refractivity contribution in [3.8, 4) is 0 Å². The molecule has 1 aromatic carbocycles. The van der Waals surface area contributed by atoms with Crippen LogP contribution in [0.5, 0.6) is 0 Å². The van der Waals surface area contributed by atoms with Gasteiger partial charge in [-0.25, -0.2) is 4.98 Å². The van der Waals surface area contributed by atoms with E-state index in [0.29, 0.717) is 36.2 Å². The second-order valence-electron chi connectivity index (χ2n) is 9.99. The molecule has 0 bridgehead atoms. The molecule has 2 atom stereocenters. The van der Waals surface area contributed by atoms with E-state index in [4.69, 9.17) is 4.98 Å². The highest BCUT2D eigenvalue weighted by Gasteiger charge is 2.24. The van der Waals surface area contributed by atoms with Crippen molar-refractivity contribution < 1.29 is 24.9 Å². The summed E-state index contributed by atoms with van der Waals surface area (Å²) < 4.78 is 0.899. The lowest BCUT2D eigenvalue weighted by Gasteiger charge is -2.26. The minimum absolute atomic E-state index is 0.0550. The molecule has 5 N–H and O–H groups in total. The molecule has 3 heterocycles. The standard InChI is InChI=1S/C28H38N6O4/c1-20(36)25(32-28-24-9-2-3-10-26(24)30-19-34(28)38)13-16-33(17-23(37)18-35)15-5-4-8-22-12-11-21-7-6-14-29-27(21)31-22/h2-3,9-12,19,23,25,35,37-38H,4-8,13-18H2,1H3,(H,29,31)/p+1/t23?,25-/m0/s1. The first kappa shape index (κ1) is 27.7. The van der Waals surface area contributed by atoms with Crippen LogP contribution in [0.15, 0.2) is 42.7 Å². The summed E-state index contributed by atoms with van der Waals surface area (Å²) in [6.07, 6.45) is 5.85. The fraction of sp³-hybridized carbons (Fsp3) is 0.500. The Kier molecular flexibility index (Phi) is 9.80. The summed E-state index contributed by atoms with van der Waals surface area (Å²) in [6.45, 7) is 3.77. The van der Waals surface area contributed by atoms with E-state index in [-0.39, 0.29) is 12.4 Å². The first-order valence-corrected chi connectivity index (χ1v) is 13.4. The second-order valence-corrected chi connectivity index (χ2v) is 9.99. The molecule has 2 aromatic heterocycles. The van der Waals surface area contributed by atoms with Crippen molar-refractivity contribution in [2.45, 2.75) is 57.6 Å². The van der Waals surface area contributed by atoms with E-state index in [1.165, 1.54) is 18.8 Å². The molecule has 0 saturated carbocycles. The summed E-state index contributed by atoms with van der Waals surface area (Å²) in [5, 5.41) is 37.2. The number of Topliss-reactive ketones (excluding diaryl/α,β-unsaturated/α-hetero) is 1. The van der Waals surface area contributed by atoms with E-state index in [1.54, 1.807) is 0 Å². The SMILES string of the molecule is CC(=O)[C@H](CCN(CCCCc1ccc2c(n1)NCCC2)CC(O)CO)Nc1c2ccccc2nc[n+]1O. The Morgan fingerprint density at radius 2 is 2.05 bits per heavy atom. The summed E-state index contributed by atoms with van der Waals surface area (Å²) in [7, 11) is 0. The zero-order valence-electron chi connectivity index (χ0n) is 22.0. The first-order chi connectivity index (χ1) is 18.4. The summed E-state index contributed by atoms with van der Waals surface area (Å²) in [5.74, 6) is 1.36. The van der Waals surface area contributed by atoms with Crippen molar-refractivity contribution in [1.82, 2.24) is 14.9 Å². The number of nitrogens with one attached hydrogen (secondary N) is 2. The number of ketones is 1. The molecule has 0 saturated heterocycles. The molecule has 38 heavy (non-hydrogen) atoms. The van der Waals surface area contributed by atoms with Crippen molar-refractivity contribution in [2.24, 2.45) is 0 Å². The molecule has 3 aromatic rings. The summed E-state index contributed by atoms with van der Waals surface area (Å²) in [6, 6.07) is 11.1. The molecule has 0 fully saturated rings. The number of fused-ring (bicyclic) bond motifs is 2. The van der Waals surface area contributed by atoms with Crippen LogP contribution >= 0.6 is 0 Å². The van der Waals surface area contributed by atoms with Gasteiger partial charge in [0, 0.05) is 31.7 Å². The smallest absolute Gasteiger partial charge is 0.271 e. The fourth-order valence-electron chi connectivity index (χ4n) is 4.88. The number of carbonyl (C=O) groups is 1. The van der Waals surface area contributed by atoms with Gasteiger partial charge in [0.05, 0.1) is 18.1 Å². The highest BCUT2D eigenvalue weighted by Crippen LogP contribution is 2.21. The van der Waals surface area contributed by atoms with E-state index in [2.05, 4.69) is 32.7 Å². The molecule has 10 heteroatoms. The third kappa shape index (κ3) is 7.37. The lowest BCUT2D eigenvalue weighted by molar-refractivity contribution is -0.894. The number of pyridine rings is 1. The van der Waals surface area contributed by atoms with Gasteiger partial charge in [0.2, 0.25) is 0 Å². The normalized spacial score (nSPS) is 14.6. The molecule has 4 rings (SSSR count). The van der Waals surface area contributed by atoms with Crippen molar-refractivity contribution in [1.29, 1.82) is 0 Å². The Balaban J connectivity index is 1.34. The Hall–Kier alpha value is -3.34. The predicted octanol–water partition coefficient (Wildman–Crippen LogP) is 1.95. The molecular formula is C28H39N6O4+. The van der Waals surface area contributed by atoms with Crippen molar-refractivity contribution in [3.63, 3.8) is 0 Å². The highest BCUT2D eigenvalue weighted by atomic mass is 16.5. The minimum Gasteiger partial charge on any atom is -0.394 e. The van der Waals surface area contributed by atoms with E-state index in [0.717, 1.165) is 61.4 Å². The maximum atomic E-state index is 12.5. The van der Waals surface area contributed by atoms with Gasteiger partial charge in [-0.15, -0.1) is 4.98 Å². The zero-order valence-corrected chi connectivity index (χ0v) is 22.0. The van der Waals surface area contributed by atoms with Gasteiger partial charge in [-0.05, 0) is 69.3 Å². The van der Waals surface area contributed by atoms with Crippen LogP contribution < -0.4 is 15.4 Å². The third-order valence-electron chi connectivity index (χ3n) is 7.02. The zero-order chi connectivity index (χ0) is 26.9. The number of unbranched alkanes of at least 4 members (excludes halogenated alkanes) is 1. The second kappa shape index (κ2) is 13.5. The molecule has 204 valence electrons. The van der Waals surface area contributed by atoms with E-state index in [9.17, 15) is 20.2 Å². The van der Waals surface area contributed by atoms with E-state index < -0.39 is 12.1 Å². The quantitative estimate of drug-likeness (QED) is 0.122. The number of hydrogen-bond donors (Lipinski definition) is 5. The van der Waals surface area contributed by atoms with E-state index >= 15 is 0 Å². The topological polar surface area (TPSA) is 135 Å². The van der Waals surface area contributed by atoms with Crippen molar-refractivity contribution in [3.05, 3.63) is 54.0 Å². The molecule has 0 amide bonds. The molecule has 0 radical (unpaired) electrons. The van der Waals surface area contributed by atoms with Gasteiger partial charge in [0.25, 0.3) is 12.1 Å². The minimum atomic E-state index is -0.851. The molecule has 10 nitrogen and oxygen atoms in total. The molecule has 1 unspecified atom stereocenters. The number of benzene rings is 1. The Labute approximate surface area is 223 Å². The predicted molar refractivity (Wildman–Crippen MR) is 145 cm³/mol. The summed E-state index contributed by atoms with van der Waals surface area (Å²) in [4.78, 5) is 23.6. The van der Waals surface area contributed by atoms with Crippen molar-refractivity contribution in [2.75, 3.05) is 43.4 Å². The van der Waals surface area contributed by atoms with Gasteiger partial charge in [0.15, 0.2) is 11.3 Å². The maximum absolute atomic E-state index is 12.5. The average Bonchev–Trinajstić information content (AvgIpc) is 2.93. The fourth-order valence-corrected chi connectivity index (χ4v) is 4.88. The number of para-hydroxylation sites is 1. The number of nitrogens with zero attached hydrogens (tertiary/aromatic N) is 4. The molecular weight excluding hydrogens is 484 g/mol. The van der Waals surface area contributed by atoms with E-state index in [1.807, 2.05) is 24.3 Å². The highest BCUT2D eigenvalue weighted by molar-refractivity contribution is 5.90. The van der Waals surface area contributed by atoms with Crippen LogP contribution in [-0.4, -0.2) is 81.0 Å². The van der Waals surface area contributed by atoms with Crippen LogP contribution in [0, 0.1) is 0 Å². The average molecular weight is 524 g/mol. The maximum Gasteiger partial charge on any atom is 0.271 e. The lowest BCUT2D eigenvalue weighted by Crippen LogP contribution is -2.42. The number of aromatic nitrogens is 3. The Morgan fingerprint density at radius 3 is 2.87 bits per heavy atom. The van der Waals surface area contributed by atoms with Gasteiger partial charge in [-0.2, -0.15) is 0 Å². The van der Waals surface area contributed by atoms with Gasteiger partial charge in [0.1, 0.15) is 11.9 Å². The van der Waals surface area contributed by atoms with Crippen molar-refractivity contribution >= 4 is 28.3 Å². The van der Waals surface area contributed by atoms with Gasteiger partial charge < -0.3 is 25.6 Å². The van der Waals surface area contributed by atoms with Gasteiger partial charge in [-0.1, -0.05) is 22.9 Å². The molecule has 1 aliphatic heterocycles. The first-order valence-electron chi connectivity index (χ1n) is 13.4. The van der Waals surface area contributed by atoms with Crippen LogP contribution in [0.1, 0.15) is 43.9 Å². The monoisotopic (exact) mass is 523 g/mol. The Morgan fingerprint density at radius 1 is 1.21 bits per heavy atom. The molecule has 0 aliphatic carbocycles. The molecule has 0 spiro atoms. The van der Waals surface area contributed by atoms with Crippen LogP contribution in [0.3, 0.4) is 0 Å². The Bertz CT molecular complexity index is 1220. The molecule has 1 aliphatic rings.